The van der Waals surface area contributed by atoms with E-state index >= 15 is 0 Å². The fourth-order valence-electron chi connectivity index (χ4n) is 2.69. The lowest BCUT2D eigenvalue weighted by atomic mass is 10.1. The van der Waals surface area contributed by atoms with Crippen LogP contribution in [0.25, 0.3) is 0 Å². The molecule has 1 heterocycles. The Bertz CT molecular complexity index is 932. The standard InChI is InChI=1S/C21H21ClN4O2/c1-28-19-8-3-2-6-16(19)14-24-20-10-9-18(25-26-20)21(27)23-12-11-15-5-4-7-17(22)13-15/h2-10,13H,11-12,14H2,1H3,(H,23,27)(H,24,26). The van der Waals surface area contributed by atoms with Crippen LogP contribution < -0.4 is 15.4 Å². The molecule has 0 spiro atoms. The average Bonchev–Trinajstić information content (AvgIpc) is 2.73. The van der Waals surface area contributed by atoms with E-state index < -0.39 is 0 Å². The first-order chi connectivity index (χ1) is 13.7. The summed E-state index contributed by atoms with van der Waals surface area (Å²) in [6.45, 7) is 1.04. The molecule has 3 aromatic rings. The topological polar surface area (TPSA) is 76.1 Å². The van der Waals surface area contributed by atoms with Crippen LogP contribution in [0.2, 0.25) is 5.02 Å². The molecule has 0 fully saturated rings. The van der Waals surface area contributed by atoms with Crippen LogP contribution in [0.3, 0.4) is 0 Å². The Morgan fingerprint density at radius 1 is 1.07 bits per heavy atom. The number of aromatic nitrogens is 2. The number of ether oxygens (including phenoxy) is 1. The largest absolute Gasteiger partial charge is 0.496 e. The van der Waals surface area contributed by atoms with Crippen molar-refractivity contribution in [2.24, 2.45) is 0 Å². The predicted octanol–water partition coefficient (Wildman–Crippen LogP) is 3.72. The van der Waals surface area contributed by atoms with Gasteiger partial charge in [0.05, 0.1) is 7.11 Å². The molecule has 144 valence electrons. The van der Waals surface area contributed by atoms with Crippen molar-refractivity contribution < 1.29 is 9.53 Å². The molecule has 0 saturated carbocycles. The summed E-state index contributed by atoms with van der Waals surface area (Å²) in [6, 6.07) is 18.7. The molecule has 0 bridgehead atoms. The van der Waals surface area contributed by atoms with Crippen LogP contribution in [-0.4, -0.2) is 29.8 Å². The Hall–Kier alpha value is -3.12. The quantitative estimate of drug-likeness (QED) is 0.606. The predicted molar refractivity (Wildman–Crippen MR) is 110 cm³/mol. The van der Waals surface area contributed by atoms with E-state index in [1.54, 1.807) is 19.2 Å². The van der Waals surface area contributed by atoms with E-state index in [2.05, 4.69) is 20.8 Å². The smallest absolute Gasteiger partial charge is 0.271 e. The van der Waals surface area contributed by atoms with Crippen molar-refractivity contribution >= 4 is 23.3 Å². The third-order valence-corrected chi connectivity index (χ3v) is 4.37. The zero-order valence-corrected chi connectivity index (χ0v) is 16.2. The van der Waals surface area contributed by atoms with Gasteiger partial charge in [-0.3, -0.25) is 4.79 Å². The summed E-state index contributed by atoms with van der Waals surface area (Å²) in [4.78, 5) is 12.2. The molecule has 2 aromatic carbocycles. The zero-order valence-electron chi connectivity index (χ0n) is 15.5. The van der Waals surface area contributed by atoms with Crippen molar-refractivity contribution in [1.29, 1.82) is 0 Å². The minimum absolute atomic E-state index is 0.259. The number of hydrogen-bond donors (Lipinski definition) is 2. The number of hydrogen-bond acceptors (Lipinski definition) is 5. The number of nitrogens with one attached hydrogen (secondary N) is 2. The van der Waals surface area contributed by atoms with Gasteiger partial charge >= 0.3 is 0 Å². The van der Waals surface area contributed by atoms with Crippen molar-refractivity contribution in [3.63, 3.8) is 0 Å². The Morgan fingerprint density at radius 3 is 2.68 bits per heavy atom. The molecule has 1 aromatic heterocycles. The number of benzene rings is 2. The monoisotopic (exact) mass is 396 g/mol. The fraction of sp³-hybridized carbons (Fsp3) is 0.190. The molecular weight excluding hydrogens is 376 g/mol. The summed E-state index contributed by atoms with van der Waals surface area (Å²) < 4.78 is 5.32. The first kappa shape index (κ1) is 19.6. The highest BCUT2D eigenvalue weighted by molar-refractivity contribution is 6.30. The number of anilines is 1. The Balaban J connectivity index is 1.50. The Morgan fingerprint density at radius 2 is 1.93 bits per heavy atom. The molecule has 0 aliphatic rings. The van der Waals surface area contributed by atoms with Gasteiger partial charge in [0.2, 0.25) is 0 Å². The first-order valence-corrected chi connectivity index (χ1v) is 9.25. The van der Waals surface area contributed by atoms with Crippen molar-refractivity contribution in [1.82, 2.24) is 15.5 Å². The van der Waals surface area contributed by atoms with E-state index in [-0.39, 0.29) is 11.6 Å². The van der Waals surface area contributed by atoms with Gasteiger partial charge in [0, 0.05) is 23.7 Å². The molecule has 0 aliphatic heterocycles. The van der Waals surface area contributed by atoms with E-state index in [0.717, 1.165) is 16.9 Å². The third-order valence-electron chi connectivity index (χ3n) is 4.14. The lowest BCUT2D eigenvalue weighted by molar-refractivity contribution is 0.0948. The molecule has 28 heavy (non-hydrogen) atoms. The fourth-order valence-corrected chi connectivity index (χ4v) is 2.90. The van der Waals surface area contributed by atoms with Crippen molar-refractivity contribution in [2.75, 3.05) is 19.0 Å². The third kappa shape index (κ3) is 5.44. The van der Waals surface area contributed by atoms with Gasteiger partial charge in [-0.15, -0.1) is 10.2 Å². The van der Waals surface area contributed by atoms with Crippen LogP contribution in [0.15, 0.2) is 60.7 Å². The summed E-state index contributed by atoms with van der Waals surface area (Å²) in [5.74, 6) is 1.13. The van der Waals surface area contributed by atoms with E-state index in [0.29, 0.717) is 30.4 Å². The van der Waals surface area contributed by atoms with Crippen LogP contribution in [0.4, 0.5) is 5.82 Å². The van der Waals surface area contributed by atoms with Crippen LogP contribution >= 0.6 is 11.6 Å². The second-order valence-corrected chi connectivity index (χ2v) is 6.54. The van der Waals surface area contributed by atoms with Gasteiger partial charge in [0.1, 0.15) is 11.6 Å². The highest BCUT2D eigenvalue weighted by Gasteiger charge is 2.08. The van der Waals surface area contributed by atoms with E-state index in [1.165, 1.54) is 0 Å². The molecular formula is C21H21ClN4O2. The minimum atomic E-state index is -0.259. The van der Waals surface area contributed by atoms with Gasteiger partial charge in [-0.1, -0.05) is 41.9 Å². The molecule has 2 N–H and O–H groups in total. The molecule has 3 rings (SSSR count). The minimum Gasteiger partial charge on any atom is -0.496 e. The molecule has 0 atom stereocenters. The second-order valence-electron chi connectivity index (χ2n) is 6.11. The van der Waals surface area contributed by atoms with Crippen LogP contribution in [0.5, 0.6) is 5.75 Å². The highest BCUT2D eigenvalue weighted by Crippen LogP contribution is 2.18. The SMILES string of the molecule is COc1ccccc1CNc1ccc(C(=O)NCCc2cccc(Cl)c2)nn1. The number of nitrogens with zero attached hydrogens (tertiary/aromatic N) is 2. The normalized spacial score (nSPS) is 10.4. The van der Waals surface area contributed by atoms with Gasteiger partial charge in [0.15, 0.2) is 5.69 Å². The van der Waals surface area contributed by atoms with E-state index in [9.17, 15) is 4.79 Å². The maximum Gasteiger partial charge on any atom is 0.271 e. The summed E-state index contributed by atoms with van der Waals surface area (Å²) in [7, 11) is 1.64. The summed E-state index contributed by atoms with van der Waals surface area (Å²) >= 11 is 5.96. The first-order valence-electron chi connectivity index (χ1n) is 8.88. The second kappa shape index (κ2) is 9.71. The van der Waals surface area contributed by atoms with E-state index in [1.807, 2.05) is 48.5 Å². The molecule has 1 amide bonds. The van der Waals surface area contributed by atoms with Gasteiger partial charge in [-0.25, -0.2) is 0 Å². The molecule has 0 aliphatic carbocycles. The molecule has 0 saturated heterocycles. The zero-order chi connectivity index (χ0) is 19.8. The number of rotatable bonds is 8. The maximum absolute atomic E-state index is 12.2. The number of amides is 1. The van der Waals surface area contributed by atoms with Crippen molar-refractivity contribution in [2.45, 2.75) is 13.0 Å². The number of para-hydroxylation sites is 1. The van der Waals surface area contributed by atoms with E-state index in [4.69, 9.17) is 16.3 Å². The van der Waals surface area contributed by atoms with Crippen LogP contribution in [0.1, 0.15) is 21.6 Å². The lowest BCUT2D eigenvalue weighted by Crippen LogP contribution is -2.26. The molecule has 7 heteroatoms. The summed E-state index contributed by atoms with van der Waals surface area (Å²) in [5.41, 5.74) is 2.35. The molecule has 6 nitrogen and oxygen atoms in total. The Kier molecular flexibility index (Phi) is 6.81. The maximum atomic E-state index is 12.2. The number of methoxy groups -OCH3 is 1. The van der Waals surface area contributed by atoms with Gasteiger partial charge in [-0.2, -0.15) is 0 Å². The van der Waals surface area contributed by atoms with Gasteiger partial charge in [-0.05, 0) is 42.3 Å². The molecule has 0 unspecified atom stereocenters. The molecule has 0 radical (unpaired) electrons. The van der Waals surface area contributed by atoms with Gasteiger partial charge in [0.25, 0.3) is 5.91 Å². The number of carbonyl (C=O) groups is 1. The summed E-state index contributed by atoms with van der Waals surface area (Å²) in [6.07, 6.45) is 0.693. The van der Waals surface area contributed by atoms with Crippen molar-refractivity contribution in [3.8, 4) is 5.75 Å². The number of carbonyl (C=O) groups excluding carboxylic acids is 1. The average molecular weight is 397 g/mol. The van der Waals surface area contributed by atoms with Crippen molar-refractivity contribution in [3.05, 3.63) is 82.5 Å². The Labute approximate surface area is 168 Å². The van der Waals surface area contributed by atoms with Gasteiger partial charge < -0.3 is 15.4 Å². The number of halogens is 1. The van der Waals surface area contributed by atoms with Crippen LogP contribution in [-0.2, 0) is 13.0 Å². The highest BCUT2D eigenvalue weighted by atomic mass is 35.5. The lowest BCUT2D eigenvalue weighted by Gasteiger charge is -2.10. The summed E-state index contributed by atoms with van der Waals surface area (Å²) in [5, 5.41) is 14.8. The van der Waals surface area contributed by atoms with Crippen LogP contribution in [0, 0.1) is 0 Å².